The maximum atomic E-state index is 12.9. The molecule has 2 heterocycles. The Morgan fingerprint density at radius 3 is 2.48 bits per heavy atom. The lowest BCUT2D eigenvalue weighted by molar-refractivity contribution is -0.120. The van der Waals surface area contributed by atoms with Crippen LogP contribution in [0.5, 0.6) is 5.75 Å². The molecule has 2 aromatic rings. The van der Waals surface area contributed by atoms with E-state index in [1.165, 1.54) is 6.07 Å². The van der Waals surface area contributed by atoms with Gasteiger partial charge >= 0.3 is 0 Å². The van der Waals surface area contributed by atoms with E-state index in [1.807, 2.05) is 0 Å². The van der Waals surface area contributed by atoms with Crippen molar-refractivity contribution in [2.24, 2.45) is 5.73 Å². The Kier molecular flexibility index (Phi) is 5.97. The molecule has 0 radical (unpaired) electrons. The van der Waals surface area contributed by atoms with Crippen molar-refractivity contribution in [1.82, 2.24) is 4.31 Å². The lowest BCUT2D eigenvalue weighted by Gasteiger charge is -2.26. The van der Waals surface area contributed by atoms with E-state index in [2.05, 4.69) is 0 Å². The molecule has 2 aliphatic rings. The van der Waals surface area contributed by atoms with Gasteiger partial charge in [-0.1, -0.05) is 18.6 Å². The molecule has 4 rings (SSSR count). The van der Waals surface area contributed by atoms with Crippen molar-refractivity contribution in [3.8, 4) is 5.75 Å². The van der Waals surface area contributed by atoms with Gasteiger partial charge in [0.05, 0.1) is 10.5 Å². The molecule has 0 spiro atoms. The molecule has 0 unspecified atom stereocenters. The van der Waals surface area contributed by atoms with E-state index in [1.54, 1.807) is 45.6 Å². The lowest BCUT2D eigenvalue weighted by Crippen LogP contribution is -2.35. The second kappa shape index (κ2) is 8.68. The Hall–Kier alpha value is -2.91. The first kappa shape index (κ1) is 21.3. The first-order valence-corrected chi connectivity index (χ1v) is 11.8. The lowest BCUT2D eigenvalue weighted by atomic mass is 10.2. The van der Waals surface area contributed by atoms with E-state index in [0.717, 1.165) is 24.8 Å². The first-order chi connectivity index (χ1) is 14.9. The van der Waals surface area contributed by atoms with Gasteiger partial charge in [0.15, 0.2) is 6.61 Å². The Bertz CT molecular complexity index is 1110. The van der Waals surface area contributed by atoms with Crippen LogP contribution in [-0.4, -0.2) is 50.8 Å². The average Bonchev–Trinajstić information content (AvgIpc) is 3.21. The van der Waals surface area contributed by atoms with Crippen molar-refractivity contribution in [2.45, 2.75) is 30.6 Å². The fourth-order valence-electron chi connectivity index (χ4n) is 4.07. The SMILES string of the molecule is NC(=O)c1ccccc1OCC(=O)N1CCc2cc(S(=O)(=O)N3CCCCC3)ccc21. The largest absolute Gasteiger partial charge is 0.483 e. The van der Waals surface area contributed by atoms with Crippen molar-refractivity contribution < 1.29 is 22.7 Å². The van der Waals surface area contributed by atoms with E-state index in [-0.39, 0.29) is 28.7 Å². The maximum absolute atomic E-state index is 12.9. The molecule has 2 N–H and O–H groups in total. The standard InChI is InChI=1S/C22H25N3O5S/c23-22(27)18-6-2-3-7-20(18)30-15-21(26)25-13-10-16-14-17(8-9-19(16)25)31(28,29)24-11-4-1-5-12-24/h2-3,6-9,14H,1,4-5,10-13,15H2,(H2,23,27). The van der Waals surface area contributed by atoms with Crippen LogP contribution in [0.3, 0.4) is 0 Å². The Morgan fingerprint density at radius 2 is 1.74 bits per heavy atom. The zero-order valence-corrected chi connectivity index (χ0v) is 17.9. The second-order valence-electron chi connectivity index (χ2n) is 7.70. The van der Waals surface area contributed by atoms with Crippen LogP contribution in [0.1, 0.15) is 35.2 Å². The van der Waals surface area contributed by atoms with Crippen LogP contribution in [-0.2, 0) is 21.2 Å². The highest BCUT2D eigenvalue weighted by atomic mass is 32.2. The summed E-state index contributed by atoms with van der Waals surface area (Å²) in [4.78, 5) is 26.1. The highest BCUT2D eigenvalue weighted by molar-refractivity contribution is 7.89. The summed E-state index contributed by atoms with van der Waals surface area (Å²) in [5.41, 5.74) is 7.07. The average molecular weight is 444 g/mol. The summed E-state index contributed by atoms with van der Waals surface area (Å²) in [5.74, 6) is -0.646. The minimum Gasteiger partial charge on any atom is -0.483 e. The molecule has 0 saturated carbocycles. The van der Waals surface area contributed by atoms with Gasteiger partial charge in [-0.2, -0.15) is 4.31 Å². The fourth-order valence-corrected chi connectivity index (χ4v) is 5.63. The van der Waals surface area contributed by atoms with Crippen LogP contribution in [0.4, 0.5) is 5.69 Å². The Balaban J connectivity index is 1.48. The van der Waals surface area contributed by atoms with E-state index in [9.17, 15) is 18.0 Å². The number of ether oxygens (including phenoxy) is 1. The van der Waals surface area contributed by atoms with Crippen molar-refractivity contribution in [2.75, 3.05) is 31.1 Å². The van der Waals surface area contributed by atoms with Crippen LogP contribution in [0.15, 0.2) is 47.4 Å². The zero-order valence-electron chi connectivity index (χ0n) is 17.1. The summed E-state index contributed by atoms with van der Waals surface area (Å²) < 4.78 is 33.0. The number of amides is 2. The number of rotatable bonds is 6. The molecule has 0 bridgehead atoms. The minimum absolute atomic E-state index is 0.213. The summed E-state index contributed by atoms with van der Waals surface area (Å²) in [6, 6.07) is 11.4. The molecule has 1 saturated heterocycles. The molecular weight excluding hydrogens is 418 g/mol. The molecule has 9 heteroatoms. The summed E-state index contributed by atoms with van der Waals surface area (Å²) in [5, 5.41) is 0. The van der Waals surface area contributed by atoms with Gasteiger partial charge in [0.2, 0.25) is 10.0 Å². The number of nitrogens with two attached hydrogens (primary N) is 1. The van der Waals surface area contributed by atoms with E-state index >= 15 is 0 Å². The molecule has 8 nitrogen and oxygen atoms in total. The number of hydrogen-bond acceptors (Lipinski definition) is 5. The summed E-state index contributed by atoms with van der Waals surface area (Å²) in [6.45, 7) is 1.29. The highest BCUT2D eigenvalue weighted by Gasteiger charge is 2.30. The molecule has 0 aliphatic carbocycles. The second-order valence-corrected chi connectivity index (χ2v) is 9.64. The van der Waals surface area contributed by atoms with Crippen molar-refractivity contribution in [3.63, 3.8) is 0 Å². The van der Waals surface area contributed by atoms with Gasteiger partial charge < -0.3 is 15.4 Å². The van der Waals surface area contributed by atoms with Crippen LogP contribution in [0.25, 0.3) is 0 Å². The minimum atomic E-state index is -3.52. The number of anilines is 1. The number of fused-ring (bicyclic) bond motifs is 1. The molecule has 2 aromatic carbocycles. The number of sulfonamides is 1. The van der Waals surface area contributed by atoms with Crippen molar-refractivity contribution in [1.29, 1.82) is 0 Å². The number of hydrogen-bond donors (Lipinski definition) is 1. The number of primary amides is 1. The van der Waals surface area contributed by atoms with E-state index in [4.69, 9.17) is 10.5 Å². The number of nitrogens with zero attached hydrogens (tertiary/aromatic N) is 2. The molecule has 2 aliphatic heterocycles. The normalized spacial score (nSPS) is 16.7. The smallest absolute Gasteiger partial charge is 0.264 e. The first-order valence-electron chi connectivity index (χ1n) is 10.3. The van der Waals surface area contributed by atoms with E-state index in [0.29, 0.717) is 31.7 Å². The summed E-state index contributed by atoms with van der Waals surface area (Å²) in [6.07, 6.45) is 3.39. The topological polar surface area (TPSA) is 110 Å². The van der Waals surface area contributed by atoms with Crippen LogP contribution in [0, 0.1) is 0 Å². The number of piperidine rings is 1. The third-order valence-corrected chi connectivity index (χ3v) is 7.60. The molecule has 2 amide bonds. The van der Waals surface area contributed by atoms with Crippen LogP contribution in [0.2, 0.25) is 0 Å². The summed E-state index contributed by atoms with van der Waals surface area (Å²) >= 11 is 0. The molecular formula is C22H25N3O5S. The highest BCUT2D eigenvalue weighted by Crippen LogP contribution is 2.32. The van der Waals surface area contributed by atoms with Crippen LogP contribution >= 0.6 is 0 Å². The molecule has 0 atom stereocenters. The van der Waals surface area contributed by atoms with E-state index < -0.39 is 15.9 Å². The molecule has 1 fully saturated rings. The van der Waals surface area contributed by atoms with Gasteiger partial charge in [-0.15, -0.1) is 0 Å². The Morgan fingerprint density at radius 1 is 1.00 bits per heavy atom. The van der Waals surface area contributed by atoms with Gasteiger partial charge in [-0.3, -0.25) is 9.59 Å². The maximum Gasteiger partial charge on any atom is 0.264 e. The van der Waals surface area contributed by atoms with Crippen LogP contribution < -0.4 is 15.4 Å². The van der Waals surface area contributed by atoms with Gasteiger partial charge in [0.25, 0.3) is 11.8 Å². The molecule has 31 heavy (non-hydrogen) atoms. The molecule has 164 valence electrons. The predicted octanol–water partition coefficient (Wildman–Crippen LogP) is 1.93. The third kappa shape index (κ3) is 4.28. The van der Waals surface area contributed by atoms with Gasteiger partial charge in [0.1, 0.15) is 5.75 Å². The summed E-state index contributed by atoms with van der Waals surface area (Å²) in [7, 11) is -3.52. The predicted molar refractivity (Wildman–Crippen MR) is 116 cm³/mol. The van der Waals surface area contributed by atoms with Crippen molar-refractivity contribution in [3.05, 3.63) is 53.6 Å². The number of carbonyl (C=O) groups excluding carboxylic acids is 2. The zero-order chi connectivity index (χ0) is 22.0. The number of para-hydroxylation sites is 1. The van der Waals surface area contributed by atoms with Gasteiger partial charge in [-0.05, 0) is 55.2 Å². The van der Waals surface area contributed by atoms with Gasteiger partial charge in [-0.25, -0.2) is 8.42 Å². The fraction of sp³-hybridized carbons (Fsp3) is 0.364. The number of carbonyl (C=O) groups is 2. The quantitative estimate of drug-likeness (QED) is 0.734. The monoisotopic (exact) mass is 443 g/mol. The van der Waals surface area contributed by atoms with Gasteiger partial charge in [0, 0.05) is 25.3 Å². The Labute approximate surface area is 181 Å². The van der Waals surface area contributed by atoms with Crippen molar-refractivity contribution >= 4 is 27.5 Å². The third-order valence-electron chi connectivity index (χ3n) is 5.70. The number of benzene rings is 2. The molecule has 0 aromatic heterocycles.